The molecule has 4 rings (SSSR count). The molecule has 0 aromatic heterocycles. The van der Waals surface area contributed by atoms with Gasteiger partial charge in [-0.25, -0.2) is 0 Å². The number of fused-ring (bicyclic) bond motifs is 1. The zero-order valence-corrected chi connectivity index (χ0v) is 15.8. The molecule has 2 saturated heterocycles. The zero-order chi connectivity index (χ0) is 14.9. The summed E-state index contributed by atoms with van der Waals surface area (Å²) in [7, 11) is 1.70. The number of hydrogen-bond acceptors (Lipinski definition) is 4. The normalized spacial score (nSPS) is 29.1. The van der Waals surface area contributed by atoms with E-state index in [-0.39, 0.29) is 24.8 Å². The third kappa shape index (κ3) is 4.10. The Morgan fingerprint density at radius 3 is 2.29 bits per heavy atom. The molecule has 24 heavy (non-hydrogen) atoms. The molecule has 1 unspecified atom stereocenters. The van der Waals surface area contributed by atoms with Crippen molar-refractivity contribution in [3.05, 3.63) is 24.3 Å². The molecule has 0 amide bonds. The fraction of sp³-hybridized carbons (Fsp3) is 0.667. The first-order chi connectivity index (χ1) is 10.8. The van der Waals surface area contributed by atoms with Gasteiger partial charge in [0.2, 0.25) is 0 Å². The van der Waals surface area contributed by atoms with Crippen LogP contribution in [0.5, 0.6) is 11.5 Å². The Labute approximate surface area is 157 Å². The van der Waals surface area contributed by atoms with Crippen molar-refractivity contribution in [3.63, 3.8) is 0 Å². The number of ether oxygens (including phenoxy) is 2. The second-order valence-corrected chi connectivity index (χ2v) is 6.92. The quantitative estimate of drug-likeness (QED) is 0.858. The van der Waals surface area contributed by atoms with Crippen LogP contribution >= 0.6 is 24.8 Å². The molecule has 6 heteroatoms. The number of likely N-dealkylation sites (tertiary alicyclic amines) is 1. The summed E-state index contributed by atoms with van der Waals surface area (Å²) in [5.74, 6) is 4.63. The minimum Gasteiger partial charge on any atom is -0.493 e. The molecule has 3 aliphatic rings. The highest BCUT2D eigenvalue weighted by Gasteiger charge is 2.52. The van der Waals surface area contributed by atoms with E-state index in [1.54, 1.807) is 7.11 Å². The van der Waals surface area contributed by atoms with Crippen LogP contribution in [0.3, 0.4) is 0 Å². The molecule has 0 radical (unpaired) electrons. The van der Waals surface area contributed by atoms with E-state index in [1.807, 2.05) is 24.3 Å². The van der Waals surface area contributed by atoms with Crippen molar-refractivity contribution in [1.82, 2.24) is 10.2 Å². The van der Waals surface area contributed by atoms with Crippen molar-refractivity contribution in [3.8, 4) is 11.5 Å². The van der Waals surface area contributed by atoms with Crippen LogP contribution in [0, 0.1) is 17.8 Å². The van der Waals surface area contributed by atoms with Crippen molar-refractivity contribution in [2.45, 2.75) is 18.9 Å². The first-order valence-electron chi connectivity index (χ1n) is 8.58. The van der Waals surface area contributed by atoms with Gasteiger partial charge in [0.1, 0.15) is 6.10 Å². The molecular weight excluding hydrogens is 347 g/mol. The maximum atomic E-state index is 6.16. The van der Waals surface area contributed by atoms with E-state index < -0.39 is 0 Å². The van der Waals surface area contributed by atoms with Crippen molar-refractivity contribution in [1.29, 1.82) is 0 Å². The fourth-order valence-corrected chi connectivity index (χ4v) is 4.22. The number of nitrogens with one attached hydrogen (secondary N) is 1. The molecule has 136 valence electrons. The maximum absolute atomic E-state index is 6.16. The Kier molecular flexibility index (Phi) is 7.05. The smallest absolute Gasteiger partial charge is 0.161 e. The topological polar surface area (TPSA) is 33.7 Å². The summed E-state index contributed by atoms with van der Waals surface area (Å²) in [5, 5.41) is 3.48. The summed E-state index contributed by atoms with van der Waals surface area (Å²) < 4.78 is 11.5. The third-order valence-electron chi connectivity index (χ3n) is 5.64. The third-order valence-corrected chi connectivity index (χ3v) is 5.64. The van der Waals surface area contributed by atoms with Gasteiger partial charge in [-0.15, -0.1) is 24.8 Å². The molecular formula is C18H28Cl2N2O2. The largest absolute Gasteiger partial charge is 0.493 e. The molecule has 3 atom stereocenters. The summed E-state index contributed by atoms with van der Waals surface area (Å²) >= 11 is 0. The summed E-state index contributed by atoms with van der Waals surface area (Å²) in [6, 6.07) is 7.95. The number of nitrogens with zero attached hydrogens (tertiary/aromatic N) is 1. The van der Waals surface area contributed by atoms with E-state index >= 15 is 0 Å². The minimum atomic E-state index is 0. The highest BCUT2D eigenvalue weighted by molar-refractivity contribution is 5.85. The molecule has 1 aromatic rings. The van der Waals surface area contributed by atoms with Gasteiger partial charge in [-0.05, 0) is 55.8 Å². The highest BCUT2D eigenvalue weighted by atomic mass is 35.5. The van der Waals surface area contributed by atoms with Crippen molar-refractivity contribution >= 4 is 24.8 Å². The van der Waals surface area contributed by atoms with Gasteiger partial charge in [-0.1, -0.05) is 12.1 Å². The Balaban J connectivity index is 0.00000104. The molecule has 0 bridgehead atoms. The van der Waals surface area contributed by atoms with Crippen LogP contribution in [0.25, 0.3) is 0 Å². The van der Waals surface area contributed by atoms with Crippen molar-refractivity contribution in [2.75, 3.05) is 39.8 Å². The Morgan fingerprint density at radius 1 is 1.04 bits per heavy atom. The molecule has 3 fully saturated rings. The predicted octanol–water partition coefficient (Wildman–Crippen LogP) is 2.85. The average molecular weight is 375 g/mol. The van der Waals surface area contributed by atoms with E-state index in [4.69, 9.17) is 9.47 Å². The van der Waals surface area contributed by atoms with Gasteiger partial charge in [0.25, 0.3) is 0 Å². The SMILES string of the molecule is COc1ccccc1OC1CCN(CC2[C@H]3CNC[C@@H]23)CC1.Cl.Cl. The zero-order valence-electron chi connectivity index (χ0n) is 14.1. The first kappa shape index (κ1) is 19.6. The van der Waals surface area contributed by atoms with Crippen LogP contribution < -0.4 is 14.8 Å². The summed E-state index contributed by atoms with van der Waals surface area (Å²) in [6.07, 6.45) is 2.57. The number of halogens is 2. The van der Waals surface area contributed by atoms with Gasteiger partial charge in [0.05, 0.1) is 7.11 Å². The van der Waals surface area contributed by atoms with Gasteiger partial charge < -0.3 is 19.7 Å². The standard InChI is InChI=1S/C18H26N2O2.2ClH/c1-21-17-4-2-3-5-18(17)22-13-6-8-20(9-7-13)12-16-14-10-19-11-15(14)16;;/h2-5,13-16,19H,6-12H2,1H3;2*1H/t14-,15+,16?;;. The lowest BCUT2D eigenvalue weighted by Gasteiger charge is -2.32. The number of benzene rings is 1. The number of methoxy groups -OCH3 is 1. The highest BCUT2D eigenvalue weighted by Crippen LogP contribution is 2.49. The van der Waals surface area contributed by atoms with Crippen LogP contribution in [0.15, 0.2) is 24.3 Å². The van der Waals surface area contributed by atoms with Gasteiger partial charge in [-0.2, -0.15) is 0 Å². The van der Waals surface area contributed by atoms with Crippen LogP contribution in [-0.2, 0) is 0 Å². The molecule has 2 aliphatic heterocycles. The van der Waals surface area contributed by atoms with E-state index in [0.717, 1.165) is 42.1 Å². The second-order valence-electron chi connectivity index (χ2n) is 6.92. The van der Waals surface area contributed by atoms with Crippen LogP contribution in [0.4, 0.5) is 0 Å². The van der Waals surface area contributed by atoms with E-state index in [2.05, 4.69) is 10.2 Å². The minimum absolute atomic E-state index is 0. The summed E-state index contributed by atoms with van der Waals surface area (Å²) in [5.41, 5.74) is 0. The van der Waals surface area contributed by atoms with Crippen LogP contribution in [0.1, 0.15) is 12.8 Å². The lowest BCUT2D eigenvalue weighted by molar-refractivity contribution is 0.0936. The van der Waals surface area contributed by atoms with Crippen LogP contribution in [0.2, 0.25) is 0 Å². The van der Waals surface area contributed by atoms with Crippen molar-refractivity contribution < 1.29 is 9.47 Å². The molecule has 0 spiro atoms. The predicted molar refractivity (Wildman–Crippen MR) is 101 cm³/mol. The van der Waals surface area contributed by atoms with E-state index in [9.17, 15) is 0 Å². The fourth-order valence-electron chi connectivity index (χ4n) is 4.22. The summed E-state index contributed by atoms with van der Waals surface area (Å²) in [4.78, 5) is 2.64. The lowest BCUT2D eigenvalue weighted by atomic mass is 10.1. The molecule has 1 N–H and O–H groups in total. The number of rotatable bonds is 5. The molecule has 1 saturated carbocycles. The second kappa shape index (κ2) is 8.61. The number of piperidine rings is 2. The molecule has 4 nitrogen and oxygen atoms in total. The Hall–Kier alpha value is -0.680. The van der Waals surface area contributed by atoms with Crippen molar-refractivity contribution in [2.24, 2.45) is 17.8 Å². The summed E-state index contributed by atoms with van der Waals surface area (Å²) in [6.45, 7) is 6.15. The Morgan fingerprint density at radius 2 is 1.67 bits per heavy atom. The molecule has 1 aromatic carbocycles. The number of hydrogen-bond donors (Lipinski definition) is 1. The van der Waals surface area contributed by atoms with E-state index in [0.29, 0.717) is 6.10 Å². The van der Waals surface area contributed by atoms with Gasteiger partial charge >= 0.3 is 0 Å². The van der Waals surface area contributed by atoms with Gasteiger partial charge in [0.15, 0.2) is 11.5 Å². The maximum Gasteiger partial charge on any atom is 0.161 e. The molecule has 2 heterocycles. The van der Waals surface area contributed by atoms with Crippen LogP contribution in [-0.4, -0.2) is 50.8 Å². The molecule has 1 aliphatic carbocycles. The number of para-hydroxylation sites is 2. The average Bonchev–Trinajstić information content (AvgIpc) is 2.97. The van der Waals surface area contributed by atoms with Gasteiger partial charge in [0, 0.05) is 19.6 Å². The monoisotopic (exact) mass is 374 g/mol. The lowest BCUT2D eigenvalue weighted by Crippen LogP contribution is -2.40. The van der Waals surface area contributed by atoms with E-state index in [1.165, 1.54) is 32.7 Å². The Bertz CT molecular complexity index is 513. The van der Waals surface area contributed by atoms with Gasteiger partial charge in [-0.3, -0.25) is 0 Å². The first-order valence-corrected chi connectivity index (χ1v) is 8.58.